The summed E-state index contributed by atoms with van der Waals surface area (Å²) < 4.78 is 15.0. The van der Waals surface area contributed by atoms with Gasteiger partial charge in [0.05, 0.1) is 12.4 Å². The molecule has 2 aromatic rings. The SMILES string of the molecule is CCNc1ncc(F)c(-c2cnnn2C)n1. The Morgan fingerprint density at radius 1 is 1.44 bits per heavy atom. The van der Waals surface area contributed by atoms with Crippen LogP contribution in [0.25, 0.3) is 11.4 Å². The molecule has 0 atom stereocenters. The minimum Gasteiger partial charge on any atom is -0.354 e. The molecule has 0 aliphatic carbocycles. The van der Waals surface area contributed by atoms with Crippen molar-refractivity contribution in [1.82, 2.24) is 25.0 Å². The molecule has 0 aromatic carbocycles. The van der Waals surface area contributed by atoms with E-state index in [1.54, 1.807) is 7.05 Å². The number of nitrogens with one attached hydrogen (secondary N) is 1. The van der Waals surface area contributed by atoms with Crippen LogP contribution in [0.2, 0.25) is 0 Å². The minimum atomic E-state index is -0.493. The van der Waals surface area contributed by atoms with Crippen molar-refractivity contribution in [1.29, 1.82) is 0 Å². The first-order valence-electron chi connectivity index (χ1n) is 4.84. The average molecular weight is 222 g/mol. The number of aromatic nitrogens is 5. The number of rotatable bonds is 3. The maximum Gasteiger partial charge on any atom is 0.223 e. The quantitative estimate of drug-likeness (QED) is 0.833. The zero-order chi connectivity index (χ0) is 11.5. The number of hydrogen-bond donors (Lipinski definition) is 1. The normalized spacial score (nSPS) is 10.4. The fourth-order valence-electron chi connectivity index (χ4n) is 1.29. The molecule has 0 saturated carbocycles. The Morgan fingerprint density at radius 3 is 2.88 bits per heavy atom. The van der Waals surface area contributed by atoms with Gasteiger partial charge in [-0.25, -0.2) is 19.0 Å². The van der Waals surface area contributed by atoms with Crippen LogP contribution >= 0.6 is 0 Å². The van der Waals surface area contributed by atoms with Crippen LogP contribution in [0.3, 0.4) is 0 Å². The third-order valence-electron chi connectivity index (χ3n) is 2.04. The van der Waals surface area contributed by atoms with Gasteiger partial charge in [0, 0.05) is 13.6 Å². The molecule has 0 fully saturated rings. The summed E-state index contributed by atoms with van der Waals surface area (Å²) in [4.78, 5) is 7.89. The highest BCUT2D eigenvalue weighted by molar-refractivity contribution is 5.55. The van der Waals surface area contributed by atoms with Crippen LogP contribution in [0.1, 0.15) is 6.92 Å². The van der Waals surface area contributed by atoms with Gasteiger partial charge in [-0.15, -0.1) is 5.10 Å². The van der Waals surface area contributed by atoms with E-state index in [0.717, 1.165) is 6.20 Å². The largest absolute Gasteiger partial charge is 0.354 e. The molecule has 0 spiro atoms. The molecule has 1 N–H and O–H groups in total. The van der Waals surface area contributed by atoms with Crippen LogP contribution in [0, 0.1) is 5.82 Å². The fraction of sp³-hybridized carbons (Fsp3) is 0.333. The monoisotopic (exact) mass is 222 g/mol. The summed E-state index contributed by atoms with van der Waals surface area (Å²) in [7, 11) is 1.68. The Hall–Kier alpha value is -2.05. The van der Waals surface area contributed by atoms with Gasteiger partial charge >= 0.3 is 0 Å². The summed E-state index contributed by atoms with van der Waals surface area (Å²) in [6, 6.07) is 0. The third kappa shape index (κ3) is 1.83. The molecule has 2 rings (SSSR count). The summed E-state index contributed by atoms with van der Waals surface area (Å²) in [5.41, 5.74) is 0.706. The Labute approximate surface area is 91.5 Å². The number of halogens is 1. The Balaban J connectivity index is 2.47. The molecule has 16 heavy (non-hydrogen) atoms. The summed E-state index contributed by atoms with van der Waals surface area (Å²) in [6.45, 7) is 2.59. The molecule has 0 aliphatic rings. The molecule has 2 heterocycles. The predicted octanol–water partition coefficient (Wildman–Crippen LogP) is 0.843. The van der Waals surface area contributed by atoms with Crippen molar-refractivity contribution in [3.05, 3.63) is 18.2 Å². The van der Waals surface area contributed by atoms with E-state index in [-0.39, 0.29) is 5.69 Å². The van der Waals surface area contributed by atoms with Crippen molar-refractivity contribution >= 4 is 5.95 Å². The van der Waals surface area contributed by atoms with Crippen molar-refractivity contribution in [2.24, 2.45) is 7.05 Å². The molecule has 7 heteroatoms. The highest BCUT2D eigenvalue weighted by Crippen LogP contribution is 2.18. The van der Waals surface area contributed by atoms with Crippen LogP contribution in [0.15, 0.2) is 12.4 Å². The van der Waals surface area contributed by atoms with E-state index in [4.69, 9.17) is 0 Å². The highest BCUT2D eigenvalue weighted by atomic mass is 19.1. The van der Waals surface area contributed by atoms with Gasteiger partial charge in [-0.3, -0.25) is 0 Å². The first-order valence-corrected chi connectivity index (χ1v) is 4.84. The first-order chi connectivity index (χ1) is 7.72. The average Bonchev–Trinajstić information content (AvgIpc) is 2.68. The van der Waals surface area contributed by atoms with Crippen molar-refractivity contribution in [2.45, 2.75) is 6.92 Å². The lowest BCUT2D eigenvalue weighted by molar-refractivity contribution is 0.614. The number of hydrogen-bond acceptors (Lipinski definition) is 5. The standard InChI is InChI=1S/C9H11FN6/c1-3-11-9-12-4-6(10)8(14-9)7-5-13-15-16(7)2/h4-5H,3H2,1-2H3,(H,11,12,14). The highest BCUT2D eigenvalue weighted by Gasteiger charge is 2.12. The Kier molecular flexibility index (Phi) is 2.76. The summed E-state index contributed by atoms with van der Waals surface area (Å²) in [5, 5.41) is 10.3. The maximum atomic E-state index is 13.5. The van der Waals surface area contributed by atoms with Gasteiger partial charge in [0.15, 0.2) is 5.82 Å². The van der Waals surface area contributed by atoms with E-state index >= 15 is 0 Å². The minimum absolute atomic E-state index is 0.193. The van der Waals surface area contributed by atoms with E-state index in [2.05, 4.69) is 25.6 Å². The molecular formula is C9H11FN6. The second-order valence-corrected chi connectivity index (χ2v) is 3.16. The van der Waals surface area contributed by atoms with E-state index < -0.39 is 5.82 Å². The first kappa shape index (κ1) is 10.5. The van der Waals surface area contributed by atoms with Crippen molar-refractivity contribution in [3.8, 4) is 11.4 Å². The molecular weight excluding hydrogens is 211 g/mol. The van der Waals surface area contributed by atoms with Crippen LogP contribution in [-0.4, -0.2) is 31.5 Å². The van der Waals surface area contributed by atoms with Crippen molar-refractivity contribution in [2.75, 3.05) is 11.9 Å². The predicted molar refractivity (Wildman–Crippen MR) is 56.2 cm³/mol. The van der Waals surface area contributed by atoms with Crippen molar-refractivity contribution in [3.63, 3.8) is 0 Å². The van der Waals surface area contributed by atoms with Crippen molar-refractivity contribution < 1.29 is 4.39 Å². The van der Waals surface area contributed by atoms with E-state index in [9.17, 15) is 4.39 Å². The lowest BCUT2D eigenvalue weighted by Gasteiger charge is -2.05. The van der Waals surface area contributed by atoms with Crippen LogP contribution < -0.4 is 5.32 Å². The van der Waals surface area contributed by atoms with Crippen LogP contribution in [-0.2, 0) is 7.05 Å². The molecule has 84 valence electrons. The summed E-state index contributed by atoms with van der Waals surface area (Å²) >= 11 is 0. The van der Waals surface area contributed by atoms with Gasteiger partial charge in [0.2, 0.25) is 5.95 Å². The van der Waals surface area contributed by atoms with Crippen LogP contribution in [0.4, 0.5) is 10.3 Å². The smallest absolute Gasteiger partial charge is 0.223 e. The summed E-state index contributed by atoms with van der Waals surface area (Å²) in [5.74, 6) is -0.104. The zero-order valence-corrected chi connectivity index (χ0v) is 8.98. The van der Waals surface area contributed by atoms with Crippen LogP contribution in [0.5, 0.6) is 0 Å². The Morgan fingerprint density at radius 2 is 2.25 bits per heavy atom. The van der Waals surface area contributed by atoms with Gasteiger partial charge in [0.25, 0.3) is 0 Å². The Bertz CT molecular complexity index is 494. The molecule has 0 amide bonds. The van der Waals surface area contributed by atoms with Gasteiger partial charge in [-0.1, -0.05) is 5.21 Å². The molecule has 0 aliphatic heterocycles. The lowest BCUT2D eigenvalue weighted by atomic mass is 10.3. The lowest BCUT2D eigenvalue weighted by Crippen LogP contribution is -2.05. The van der Waals surface area contributed by atoms with Gasteiger partial charge < -0.3 is 5.32 Å². The molecule has 0 radical (unpaired) electrons. The fourth-order valence-corrected chi connectivity index (χ4v) is 1.29. The van der Waals surface area contributed by atoms with E-state index in [1.807, 2.05) is 6.92 Å². The molecule has 0 unspecified atom stereocenters. The molecule has 6 nitrogen and oxygen atoms in total. The third-order valence-corrected chi connectivity index (χ3v) is 2.04. The number of aryl methyl sites for hydroxylation is 1. The zero-order valence-electron chi connectivity index (χ0n) is 8.98. The second-order valence-electron chi connectivity index (χ2n) is 3.16. The topological polar surface area (TPSA) is 68.5 Å². The molecule has 0 saturated heterocycles. The molecule has 2 aromatic heterocycles. The maximum absolute atomic E-state index is 13.5. The molecule has 0 bridgehead atoms. The van der Waals surface area contributed by atoms with E-state index in [0.29, 0.717) is 18.2 Å². The van der Waals surface area contributed by atoms with Gasteiger partial charge in [-0.2, -0.15) is 0 Å². The van der Waals surface area contributed by atoms with Gasteiger partial charge in [0.1, 0.15) is 11.4 Å². The van der Waals surface area contributed by atoms with E-state index in [1.165, 1.54) is 10.9 Å². The number of nitrogens with zero attached hydrogens (tertiary/aromatic N) is 5. The summed E-state index contributed by atoms with van der Waals surface area (Å²) in [6.07, 6.45) is 2.59. The second kappa shape index (κ2) is 4.21. The van der Waals surface area contributed by atoms with Gasteiger partial charge in [-0.05, 0) is 6.92 Å². The number of anilines is 1.